The van der Waals surface area contributed by atoms with E-state index in [0.29, 0.717) is 0 Å². The molecule has 3 rings (SSSR count). The first-order valence-electron chi connectivity index (χ1n) is 8.95. The number of carbonyl (C=O) groups is 2. The van der Waals surface area contributed by atoms with Crippen molar-refractivity contribution >= 4 is 17.5 Å². The number of halogens is 1. The van der Waals surface area contributed by atoms with Crippen LogP contribution in [0.1, 0.15) is 39.0 Å². The Morgan fingerprint density at radius 3 is 2.29 bits per heavy atom. The standard InChI is InChI=1S/C22H20FN3O2/c1-2-16-6-3-4-7-18(16)26-22(28)20-9-5-8-19(25-20)21(27)24-14-15-10-12-17(23)13-11-15/h3-13H,2,14H2,1H3,(H,24,27)(H,26,28). The maximum absolute atomic E-state index is 12.9. The van der Waals surface area contributed by atoms with Gasteiger partial charge in [0.15, 0.2) is 0 Å². The van der Waals surface area contributed by atoms with Crippen LogP contribution in [0.4, 0.5) is 10.1 Å². The summed E-state index contributed by atoms with van der Waals surface area (Å²) in [6.45, 7) is 2.25. The molecule has 0 aliphatic heterocycles. The molecule has 2 aromatic carbocycles. The molecule has 2 amide bonds. The van der Waals surface area contributed by atoms with Crippen LogP contribution in [0, 0.1) is 5.82 Å². The molecule has 0 saturated heterocycles. The average Bonchev–Trinajstić information content (AvgIpc) is 2.73. The van der Waals surface area contributed by atoms with Gasteiger partial charge in [0.25, 0.3) is 11.8 Å². The van der Waals surface area contributed by atoms with Crippen molar-refractivity contribution in [3.8, 4) is 0 Å². The number of hydrogen-bond acceptors (Lipinski definition) is 3. The molecule has 5 nitrogen and oxygen atoms in total. The van der Waals surface area contributed by atoms with Gasteiger partial charge in [-0.25, -0.2) is 9.37 Å². The third-order valence-electron chi connectivity index (χ3n) is 4.23. The molecule has 0 atom stereocenters. The minimum Gasteiger partial charge on any atom is -0.347 e. The Morgan fingerprint density at radius 1 is 0.893 bits per heavy atom. The lowest BCUT2D eigenvalue weighted by molar-refractivity contribution is 0.0945. The highest BCUT2D eigenvalue weighted by atomic mass is 19.1. The SMILES string of the molecule is CCc1ccccc1NC(=O)c1cccc(C(=O)NCc2ccc(F)cc2)n1. The van der Waals surface area contributed by atoms with Gasteiger partial charge in [-0.2, -0.15) is 0 Å². The molecule has 6 heteroatoms. The zero-order valence-corrected chi connectivity index (χ0v) is 15.4. The highest BCUT2D eigenvalue weighted by molar-refractivity contribution is 6.04. The number of nitrogens with one attached hydrogen (secondary N) is 2. The summed E-state index contributed by atoms with van der Waals surface area (Å²) in [5.74, 6) is -1.12. The Labute approximate surface area is 162 Å². The molecule has 0 aliphatic rings. The summed E-state index contributed by atoms with van der Waals surface area (Å²) in [7, 11) is 0. The molecule has 28 heavy (non-hydrogen) atoms. The van der Waals surface area contributed by atoms with Crippen LogP contribution in [0.3, 0.4) is 0 Å². The lowest BCUT2D eigenvalue weighted by Crippen LogP contribution is -2.25. The second-order valence-electron chi connectivity index (χ2n) is 6.18. The summed E-state index contributed by atoms with van der Waals surface area (Å²) in [6, 6.07) is 18.1. The number of benzene rings is 2. The zero-order chi connectivity index (χ0) is 19.9. The van der Waals surface area contributed by atoms with Crippen LogP contribution in [-0.2, 0) is 13.0 Å². The van der Waals surface area contributed by atoms with E-state index in [9.17, 15) is 14.0 Å². The summed E-state index contributed by atoms with van der Waals surface area (Å²) < 4.78 is 12.9. The van der Waals surface area contributed by atoms with Crippen LogP contribution < -0.4 is 10.6 Å². The molecule has 0 fully saturated rings. The Balaban J connectivity index is 1.68. The first-order chi connectivity index (χ1) is 13.6. The van der Waals surface area contributed by atoms with Gasteiger partial charge in [0, 0.05) is 12.2 Å². The highest BCUT2D eigenvalue weighted by Crippen LogP contribution is 2.16. The van der Waals surface area contributed by atoms with Crippen molar-refractivity contribution in [2.75, 3.05) is 5.32 Å². The van der Waals surface area contributed by atoms with Gasteiger partial charge in [0.2, 0.25) is 0 Å². The van der Waals surface area contributed by atoms with Gasteiger partial charge in [-0.05, 0) is 47.9 Å². The molecule has 0 spiro atoms. The normalized spacial score (nSPS) is 10.4. The lowest BCUT2D eigenvalue weighted by Gasteiger charge is -2.10. The number of anilines is 1. The van der Waals surface area contributed by atoms with E-state index in [0.717, 1.165) is 23.2 Å². The van der Waals surface area contributed by atoms with E-state index in [2.05, 4.69) is 15.6 Å². The van der Waals surface area contributed by atoms with Crippen LogP contribution in [0.5, 0.6) is 0 Å². The van der Waals surface area contributed by atoms with Crippen molar-refractivity contribution in [2.45, 2.75) is 19.9 Å². The Bertz CT molecular complexity index is 987. The van der Waals surface area contributed by atoms with E-state index in [1.54, 1.807) is 24.3 Å². The molecule has 142 valence electrons. The van der Waals surface area contributed by atoms with Crippen LogP contribution >= 0.6 is 0 Å². The molecule has 0 unspecified atom stereocenters. The monoisotopic (exact) mass is 377 g/mol. The molecule has 0 bridgehead atoms. The molecular formula is C22H20FN3O2. The topological polar surface area (TPSA) is 71.1 Å². The summed E-state index contributed by atoms with van der Waals surface area (Å²) in [6.07, 6.45) is 0.787. The van der Waals surface area contributed by atoms with Gasteiger partial charge in [-0.1, -0.05) is 43.3 Å². The van der Waals surface area contributed by atoms with Gasteiger partial charge in [0.1, 0.15) is 17.2 Å². The first kappa shape index (κ1) is 19.2. The smallest absolute Gasteiger partial charge is 0.274 e. The van der Waals surface area contributed by atoms with Crippen LogP contribution in [0.25, 0.3) is 0 Å². The quantitative estimate of drug-likeness (QED) is 0.683. The van der Waals surface area contributed by atoms with Gasteiger partial charge in [-0.15, -0.1) is 0 Å². The van der Waals surface area contributed by atoms with Crippen LogP contribution in [-0.4, -0.2) is 16.8 Å². The average molecular weight is 377 g/mol. The molecular weight excluding hydrogens is 357 g/mol. The fourth-order valence-corrected chi connectivity index (χ4v) is 2.70. The van der Waals surface area contributed by atoms with Crippen molar-refractivity contribution in [3.63, 3.8) is 0 Å². The van der Waals surface area contributed by atoms with Gasteiger partial charge in [0.05, 0.1) is 0 Å². The van der Waals surface area contributed by atoms with Crippen molar-refractivity contribution in [1.82, 2.24) is 10.3 Å². The third-order valence-corrected chi connectivity index (χ3v) is 4.23. The van der Waals surface area contributed by atoms with E-state index >= 15 is 0 Å². The third kappa shape index (κ3) is 4.79. The summed E-state index contributed by atoms with van der Waals surface area (Å²) in [5.41, 5.74) is 2.80. The number of hydrogen-bond donors (Lipinski definition) is 2. The Kier molecular flexibility index (Phi) is 6.11. The van der Waals surface area contributed by atoms with Crippen molar-refractivity contribution in [3.05, 3.63) is 95.1 Å². The fourth-order valence-electron chi connectivity index (χ4n) is 2.70. The molecule has 0 saturated carbocycles. The molecule has 0 aliphatic carbocycles. The number of amides is 2. The molecule has 0 radical (unpaired) electrons. The van der Waals surface area contributed by atoms with Crippen molar-refractivity contribution in [2.24, 2.45) is 0 Å². The van der Waals surface area contributed by atoms with Crippen molar-refractivity contribution < 1.29 is 14.0 Å². The Hall–Kier alpha value is -3.54. The molecule has 3 aromatic rings. The van der Waals surface area contributed by atoms with E-state index in [4.69, 9.17) is 0 Å². The minimum absolute atomic E-state index is 0.138. The number of pyridine rings is 1. The van der Waals surface area contributed by atoms with E-state index in [1.165, 1.54) is 18.2 Å². The lowest BCUT2D eigenvalue weighted by atomic mass is 10.1. The molecule has 2 N–H and O–H groups in total. The molecule has 1 heterocycles. The summed E-state index contributed by atoms with van der Waals surface area (Å²) in [5, 5.41) is 5.55. The highest BCUT2D eigenvalue weighted by Gasteiger charge is 2.13. The number of aromatic nitrogens is 1. The largest absolute Gasteiger partial charge is 0.347 e. The first-order valence-corrected chi connectivity index (χ1v) is 8.95. The van der Waals surface area contributed by atoms with E-state index in [1.807, 2.05) is 31.2 Å². The summed E-state index contributed by atoms with van der Waals surface area (Å²) >= 11 is 0. The van der Waals surface area contributed by atoms with E-state index in [-0.39, 0.29) is 29.7 Å². The Morgan fingerprint density at radius 2 is 1.57 bits per heavy atom. The minimum atomic E-state index is -0.409. The second-order valence-corrected chi connectivity index (χ2v) is 6.18. The van der Waals surface area contributed by atoms with Gasteiger partial charge >= 0.3 is 0 Å². The van der Waals surface area contributed by atoms with Crippen LogP contribution in [0.2, 0.25) is 0 Å². The zero-order valence-electron chi connectivity index (χ0n) is 15.4. The predicted molar refractivity (Wildman–Crippen MR) is 106 cm³/mol. The fraction of sp³-hybridized carbons (Fsp3) is 0.136. The predicted octanol–water partition coefficient (Wildman–Crippen LogP) is 3.97. The van der Waals surface area contributed by atoms with Crippen molar-refractivity contribution in [1.29, 1.82) is 0 Å². The number of carbonyl (C=O) groups excluding carboxylic acids is 2. The number of rotatable bonds is 6. The van der Waals surface area contributed by atoms with Gasteiger partial charge in [-0.3, -0.25) is 9.59 Å². The maximum Gasteiger partial charge on any atom is 0.274 e. The van der Waals surface area contributed by atoms with Gasteiger partial charge < -0.3 is 10.6 Å². The molecule has 1 aromatic heterocycles. The van der Waals surface area contributed by atoms with E-state index < -0.39 is 5.91 Å². The summed E-state index contributed by atoms with van der Waals surface area (Å²) in [4.78, 5) is 29.0. The number of aryl methyl sites for hydroxylation is 1. The van der Waals surface area contributed by atoms with Crippen LogP contribution in [0.15, 0.2) is 66.7 Å². The maximum atomic E-state index is 12.9. The second kappa shape index (κ2) is 8.90. The number of para-hydroxylation sites is 1. The number of nitrogens with zero attached hydrogens (tertiary/aromatic N) is 1.